The molecule has 25 heavy (non-hydrogen) atoms. The molecule has 0 spiro atoms. The summed E-state index contributed by atoms with van der Waals surface area (Å²) < 4.78 is 51.7. The zero-order valence-corrected chi connectivity index (χ0v) is 13.2. The predicted molar refractivity (Wildman–Crippen MR) is 87.4 cm³/mol. The van der Waals surface area contributed by atoms with Gasteiger partial charge in [-0.25, -0.2) is 9.18 Å². The lowest BCUT2D eigenvalue weighted by atomic mass is 10.0. The molecule has 0 bridgehead atoms. The first-order chi connectivity index (χ1) is 11.9. The predicted octanol–water partition coefficient (Wildman–Crippen LogP) is 5.16. The maximum Gasteiger partial charge on any atom is 0.416 e. The lowest BCUT2D eigenvalue weighted by molar-refractivity contribution is -0.137. The van der Waals surface area contributed by atoms with Gasteiger partial charge in [-0.2, -0.15) is 13.2 Å². The molecule has 0 unspecified atom stereocenters. The summed E-state index contributed by atoms with van der Waals surface area (Å²) in [6, 6.07) is 9.63. The van der Waals surface area contributed by atoms with E-state index in [1.807, 2.05) is 12.1 Å². The molecule has 1 heterocycles. The van der Waals surface area contributed by atoms with Crippen molar-refractivity contribution in [3.63, 3.8) is 0 Å². The first-order valence-corrected chi connectivity index (χ1v) is 7.82. The molecule has 1 aliphatic heterocycles. The number of carbonyl (C=O) groups excluding carboxylic acids is 1. The van der Waals surface area contributed by atoms with Gasteiger partial charge in [0.1, 0.15) is 6.67 Å². The third-order valence-electron chi connectivity index (χ3n) is 4.08. The highest BCUT2D eigenvalue weighted by Gasteiger charge is 2.31. The molecule has 0 fully saturated rings. The molecule has 2 aromatic carbocycles. The van der Waals surface area contributed by atoms with E-state index in [0.29, 0.717) is 6.54 Å². The minimum absolute atomic E-state index is 0.0736. The average Bonchev–Trinajstić information content (AvgIpc) is 2.60. The van der Waals surface area contributed by atoms with Crippen molar-refractivity contribution in [3.8, 4) is 0 Å². The fourth-order valence-electron chi connectivity index (χ4n) is 2.94. The second kappa shape index (κ2) is 6.74. The maximum absolute atomic E-state index is 12.9. The molecule has 132 valence electrons. The van der Waals surface area contributed by atoms with E-state index in [0.717, 1.165) is 36.2 Å². The smallest absolute Gasteiger partial charge is 0.308 e. The van der Waals surface area contributed by atoms with Crippen LogP contribution in [0.2, 0.25) is 0 Å². The Kier molecular flexibility index (Phi) is 4.65. The van der Waals surface area contributed by atoms with Gasteiger partial charge < -0.3 is 5.32 Å². The van der Waals surface area contributed by atoms with Crippen molar-refractivity contribution in [2.24, 2.45) is 0 Å². The second-order valence-electron chi connectivity index (χ2n) is 5.86. The zero-order valence-electron chi connectivity index (χ0n) is 13.2. The summed E-state index contributed by atoms with van der Waals surface area (Å²) in [4.78, 5) is 14.0. The summed E-state index contributed by atoms with van der Waals surface area (Å²) in [7, 11) is 0. The van der Waals surface area contributed by atoms with E-state index in [1.54, 1.807) is 12.1 Å². The molecule has 0 atom stereocenters. The van der Waals surface area contributed by atoms with Gasteiger partial charge in [-0.05, 0) is 48.2 Å². The SMILES string of the molecule is O=C(Nc1cc(CF)cc(C(F)(F)F)c1)N1CCCc2ccccc21. The third kappa shape index (κ3) is 3.75. The number of anilines is 2. The molecule has 2 amide bonds. The number of halogens is 4. The number of nitrogens with one attached hydrogen (secondary N) is 1. The van der Waals surface area contributed by atoms with E-state index in [-0.39, 0.29) is 11.3 Å². The van der Waals surface area contributed by atoms with Crippen LogP contribution in [-0.2, 0) is 19.3 Å². The number of alkyl halides is 4. The van der Waals surface area contributed by atoms with Crippen molar-refractivity contribution in [1.29, 1.82) is 0 Å². The Morgan fingerprint density at radius 1 is 1.16 bits per heavy atom. The van der Waals surface area contributed by atoms with Gasteiger partial charge in [0.05, 0.1) is 5.56 Å². The number of nitrogens with zero attached hydrogens (tertiary/aromatic N) is 1. The topological polar surface area (TPSA) is 32.3 Å². The van der Waals surface area contributed by atoms with Gasteiger partial charge in [0.25, 0.3) is 0 Å². The molecule has 0 radical (unpaired) electrons. The largest absolute Gasteiger partial charge is 0.416 e. The summed E-state index contributed by atoms with van der Waals surface area (Å²) >= 11 is 0. The van der Waals surface area contributed by atoms with Crippen LogP contribution in [0.4, 0.5) is 33.7 Å². The Hall–Kier alpha value is -2.57. The van der Waals surface area contributed by atoms with E-state index < -0.39 is 24.4 Å². The zero-order chi connectivity index (χ0) is 18.0. The number of fused-ring (bicyclic) bond motifs is 1. The number of amides is 2. The highest BCUT2D eigenvalue weighted by Crippen LogP contribution is 2.33. The Bertz CT molecular complexity index is 789. The molecule has 1 aliphatic rings. The number of carbonyl (C=O) groups is 1. The van der Waals surface area contributed by atoms with Crippen LogP contribution in [0.3, 0.4) is 0 Å². The monoisotopic (exact) mass is 352 g/mol. The Morgan fingerprint density at radius 2 is 1.92 bits per heavy atom. The molecule has 2 aromatic rings. The number of urea groups is 1. The van der Waals surface area contributed by atoms with Gasteiger partial charge >= 0.3 is 12.2 Å². The standard InChI is InChI=1S/C18H16F4N2O/c19-11-12-8-14(18(20,21)22)10-15(9-12)23-17(25)24-7-3-5-13-4-1-2-6-16(13)24/h1-2,4,6,8-10H,3,5,7,11H2,(H,23,25). The first-order valence-electron chi connectivity index (χ1n) is 7.82. The van der Waals surface area contributed by atoms with E-state index in [9.17, 15) is 22.4 Å². The van der Waals surface area contributed by atoms with Crippen LogP contribution in [0.1, 0.15) is 23.1 Å². The second-order valence-corrected chi connectivity index (χ2v) is 5.86. The van der Waals surface area contributed by atoms with Crippen molar-refractivity contribution < 1.29 is 22.4 Å². The fourth-order valence-corrected chi connectivity index (χ4v) is 2.94. The average molecular weight is 352 g/mol. The minimum Gasteiger partial charge on any atom is -0.308 e. The van der Waals surface area contributed by atoms with Gasteiger partial charge in [-0.1, -0.05) is 18.2 Å². The van der Waals surface area contributed by atoms with Gasteiger partial charge in [-0.15, -0.1) is 0 Å². The van der Waals surface area contributed by atoms with Gasteiger partial charge in [0, 0.05) is 17.9 Å². The molecule has 3 rings (SSSR count). The van der Waals surface area contributed by atoms with Crippen LogP contribution in [0, 0.1) is 0 Å². The van der Waals surface area contributed by atoms with Crippen LogP contribution in [-0.4, -0.2) is 12.6 Å². The lowest BCUT2D eigenvalue weighted by Gasteiger charge is -2.29. The van der Waals surface area contributed by atoms with Crippen molar-refractivity contribution in [2.45, 2.75) is 25.7 Å². The highest BCUT2D eigenvalue weighted by atomic mass is 19.4. The summed E-state index contributed by atoms with van der Waals surface area (Å²) in [5.74, 6) is 0. The van der Waals surface area contributed by atoms with Crippen LogP contribution < -0.4 is 10.2 Å². The number of rotatable bonds is 2. The Labute approximate surface area is 142 Å². The van der Waals surface area contributed by atoms with Crippen LogP contribution in [0.15, 0.2) is 42.5 Å². The quantitative estimate of drug-likeness (QED) is 0.744. The van der Waals surface area contributed by atoms with Crippen molar-refractivity contribution in [1.82, 2.24) is 0 Å². The summed E-state index contributed by atoms with van der Waals surface area (Å²) in [5.41, 5.74) is 0.554. The molecule has 7 heteroatoms. The number of hydrogen-bond donors (Lipinski definition) is 1. The molecular formula is C18H16F4N2O. The van der Waals surface area contributed by atoms with E-state index in [1.165, 1.54) is 11.0 Å². The van der Waals surface area contributed by atoms with Gasteiger partial charge in [0.2, 0.25) is 0 Å². The molecule has 0 aliphatic carbocycles. The number of benzene rings is 2. The van der Waals surface area contributed by atoms with E-state index in [4.69, 9.17) is 0 Å². The highest BCUT2D eigenvalue weighted by molar-refractivity contribution is 6.02. The van der Waals surface area contributed by atoms with Gasteiger partial charge in [-0.3, -0.25) is 4.90 Å². The van der Waals surface area contributed by atoms with Crippen molar-refractivity contribution >= 4 is 17.4 Å². The number of hydrogen-bond acceptors (Lipinski definition) is 1. The van der Waals surface area contributed by atoms with Crippen LogP contribution in [0.5, 0.6) is 0 Å². The van der Waals surface area contributed by atoms with Crippen LogP contribution in [0.25, 0.3) is 0 Å². The van der Waals surface area contributed by atoms with Crippen molar-refractivity contribution in [3.05, 3.63) is 59.2 Å². The molecular weight excluding hydrogens is 336 g/mol. The summed E-state index contributed by atoms with van der Waals surface area (Å²) in [6.07, 6.45) is -3.00. The Morgan fingerprint density at radius 3 is 2.64 bits per heavy atom. The molecule has 0 saturated carbocycles. The van der Waals surface area contributed by atoms with E-state index >= 15 is 0 Å². The number of aryl methyl sites for hydroxylation is 1. The Balaban J connectivity index is 1.87. The molecule has 1 N–H and O–H groups in total. The molecule has 3 nitrogen and oxygen atoms in total. The molecule has 0 saturated heterocycles. The van der Waals surface area contributed by atoms with Gasteiger partial charge in [0.15, 0.2) is 0 Å². The lowest BCUT2D eigenvalue weighted by Crippen LogP contribution is -2.38. The van der Waals surface area contributed by atoms with Crippen LogP contribution >= 0.6 is 0 Å². The fraction of sp³-hybridized carbons (Fsp3) is 0.278. The third-order valence-corrected chi connectivity index (χ3v) is 4.08. The maximum atomic E-state index is 12.9. The number of para-hydroxylation sites is 1. The summed E-state index contributed by atoms with van der Waals surface area (Å²) in [5, 5.41) is 2.46. The van der Waals surface area contributed by atoms with Crippen molar-refractivity contribution in [2.75, 3.05) is 16.8 Å². The minimum atomic E-state index is -4.61. The molecule has 0 aromatic heterocycles. The summed E-state index contributed by atoms with van der Waals surface area (Å²) in [6.45, 7) is -0.572. The normalized spacial score (nSPS) is 14.2. The first kappa shape index (κ1) is 17.3. The van der Waals surface area contributed by atoms with E-state index in [2.05, 4.69) is 5.32 Å².